The highest BCUT2D eigenvalue weighted by Gasteiger charge is 2.19. The maximum atomic E-state index is 9.61. The number of benzene rings is 1. The summed E-state index contributed by atoms with van der Waals surface area (Å²) in [7, 11) is 0. The molecule has 0 saturated carbocycles. The quantitative estimate of drug-likeness (QED) is 0.798. The van der Waals surface area contributed by atoms with Crippen molar-refractivity contribution >= 4 is 11.8 Å². The van der Waals surface area contributed by atoms with Gasteiger partial charge in [-0.3, -0.25) is 0 Å². The number of aliphatic hydroxyl groups is 1. The summed E-state index contributed by atoms with van der Waals surface area (Å²) in [6.45, 7) is 3.52. The first kappa shape index (κ1) is 13.8. The van der Waals surface area contributed by atoms with Crippen LogP contribution in [-0.4, -0.2) is 25.1 Å². The van der Waals surface area contributed by atoms with Gasteiger partial charge in [-0.25, -0.2) is 4.68 Å². The van der Waals surface area contributed by atoms with Gasteiger partial charge in [-0.05, 0) is 30.8 Å². The van der Waals surface area contributed by atoms with Crippen LogP contribution in [0, 0.1) is 13.8 Å². The van der Waals surface area contributed by atoms with Crippen LogP contribution >= 0.6 is 11.8 Å². The predicted molar refractivity (Wildman–Crippen MR) is 77.4 cm³/mol. The lowest BCUT2D eigenvalue weighted by Gasteiger charge is -2.06. The zero-order chi connectivity index (χ0) is 14.8. The topological polar surface area (TPSA) is 77.0 Å². The van der Waals surface area contributed by atoms with Crippen LogP contribution < -0.4 is 0 Å². The largest absolute Gasteiger partial charge is 0.416 e. The molecule has 1 N–H and O–H groups in total. The van der Waals surface area contributed by atoms with Crippen molar-refractivity contribution in [3.05, 3.63) is 47.5 Å². The molecule has 0 radical (unpaired) electrons. The lowest BCUT2D eigenvalue weighted by atomic mass is 10.3. The summed E-state index contributed by atoms with van der Waals surface area (Å²) in [5.74, 6) is 0.505. The fraction of sp³-hybridized carbons (Fsp3) is 0.214. The van der Waals surface area contributed by atoms with Gasteiger partial charge >= 0.3 is 0 Å². The molecule has 0 fully saturated rings. The average molecular weight is 302 g/mol. The number of aliphatic hydroxyl groups excluding tert-OH is 1. The minimum absolute atomic E-state index is 0.0892. The number of para-hydroxylation sites is 1. The Balaban J connectivity index is 2.08. The van der Waals surface area contributed by atoms with Gasteiger partial charge in [0.15, 0.2) is 0 Å². The van der Waals surface area contributed by atoms with Crippen LogP contribution in [-0.2, 0) is 6.61 Å². The first-order valence-electron chi connectivity index (χ1n) is 6.41. The Labute approximate surface area is 125 Å². The highest BCUT2D eigenvalue weighted by molar-refractivity contribution is 7.99. The van der Waals surface area contributed by atoms with E-state index in [1.807, 2.05) is 37.3 Å². The molecular formula is C14H14N4O2S. The van der Waals surface area contributed by atoms with Gasteiger partial charge < -0.3 is 9.52 Å². The van der Waals surface area contributed by atoms with Crippen molar-refractivity contribution < 1.29 is 9.52 Å². The first-order valence-corrected chi connectivity index (χ1v) is 7.23. The molecule has 1 aromatic carbocycles. The SMILES string of the molecule is Cc1nnc(Sc2c(CO)c(C)nn2-c2ccccc2)o1. The Morgan fingerprint density at radius 2 is 1.95 bits per heavy atom. The van der Waals surface area contributed by atoms with Gasteiger partial charge in [0, 0.05) is 12.5 Å². The molecule has 108 valence electrons. The smallest absolute Gasteiger partial charge is 0.282 e. The van der Waals surface area contributed by atoms with E-state index in [9.17, 15) is 5.11 Å². The van der Waals surface area contributed by atoms with Crippen LogP contribution in [0.15, 0.2) is 45.0 Å². The zero-order valence-electron chi connectivity index (χ0n) is 11.6. The molecule has 0 amide bonds. The van der Waals surface area contributed by atoms with Crippen molar-refractivity contribution in [2.24, 2.45) is 0 Å². The molecule has 0 aliphatic carbocycles. The fourth-order valence-electron chi connectivity index (χ4n) is 1.97. The monoisotopic (exact) mass is 302 g/mol. The molecule has 7 heteroatoms. The predicted octanol–water partition coefficient (Wildman–Crippen LogP) is 2.52. The van der Waals surface area contributed by atoms with Crippen LogP contribution in [0.2, 0.25) is 0 Å². The zero-order valence-corrected chi connectivity index (χ0v) is 12.5. The summed E-state index contributed by atoms with van der Waals surface area (Å²) in [5.41, 5.74) is 2.46. The molecule has 6 nitrogen and oxygen atoms in total. The Morgan fingerprint density at radius 1 is 1.19 bits per heavy atom. The molecule has 0 bridgehead atoms. The molecule has 2 aromatic heterocycles. The van der Waals surface area contributed by atoms with Crippen LogP contribution in [0.25, 0.3) is 5.69 Å². The van der Waals surface area contributed by atoms with Gasteiger partial charge in [0.25, 0.3) is 5.22 Å². The van der Waals surface area contributed by atoms with Gasteiger partial charge in [-0.2, -0.15) is 5.10 Å². The minimum atomic E-state index is -0.0892. The molecule has 0 aliphatic rings. The van der Waals surface area contributed by atoms with E-state index in [0.717, 1.165) is 22.0 Å². The van der Waals surface area contributed by atoms with E-state index in [1.54, 1.807) is 11.6 Å². The van der Waals surface area contributed by atoms with E-state index in [1.165, 1.54) is 11.8 Å². The molecule has 3 rings (SSSR count). The fourth-order valence-corrected chi connectivity index (χ4v) is 2.95. The van der Waals surface area contributed by atoms with E-state index in [-0.39, 0.29) is 6.61 Å². The lowest BCUT2D eigenvalue weighted by molar-refractivity contribution is 0.277. The second-order valence-electron chi connectivity index (χ2n) is 4.46. The second kappa shape index (κ2) is 5.71. The van der Waals surface area contributed by atoms with Gasteiger partial charge in [0.05, 0.1) is 18.0 Å². The Hall–Kier alpha value is -2.12. The summed E-state index contributed by atoms with van der Waals surface area (Å²) in [4.78, 5) is 0. The van der Waals surface area contributed by atoms with E-state index in [4.69, 9.17) is 4.42 Å². The molecule has 3 aromatic rings. The number of nitrogens with zero attached hydrogens (tertiary/aromatic N) is 4. The van der Waals surface area contributed by atoms with Gasteiger partial charge in [0.1, 0.15) is 5.03 Å². The van der Waals surface area contributed by atoms with E-state index >= 15 is 0 Å². The van der Waals surface area contributed by atoms with Crippen LogP contribution in [0.5, 0.6) is 0 Å². The first-order chi connectivity index (χ1) is 10.2. The molecule has 0 aliphatic heterocycles. The molecular weight excluding hydrogens is 288 g/mol. The van der Waals surface area contributed by atoms with Gasteiger partial charge in [-0.15, -0.1) is 10.2 Å². The molecule has 0 unspecified atom stereocenters. The third-order valence-corrected chi connectivity index (χ3v) is 3.94. The molecule has 0 atom stereocenters. The van der Waals surface area contributed by atoms with Gasteiger partial charge in [-0.1, -0.05) is 18.2 Å². The highest BCUT2D eigenvalue weighted by Crippen LogP contribution is 2.33. The number of aryl methyl sites for hydroxylation is 2. The summed E-state index contributed by atoms with van der Waals surface area (Å²) < 4.78 is 7.19. The number of aromatic nitrogens is 4. The highest BCUT2D eigenvalue weighted by atomic mass is 32.2. The molecule has 21 heavy (non-hydrogen) atoms. The summed E-state index contributed by atoms with van der Waals surface area (Å²) in [5, 5.41) is 23.1. The molecule has 0 spiro atoms. The standard InChI is InChI=1S/C14H14N4O2S/c1-9-12(8-19)13(21-14-16-15-10(2)20-14)18(17-9)11-6-4-3-5-7-11/h3-7,19H,8H2,1-2H3. The average Bonchev–Trinajstić information content (AvgIpc) is 3.04. The Morgan fingerprint density at radius 3 is 2.57 bits per heavy atom. The molecule has 0 saturated heterocycles. The third kappa shape index (κ3) is 2.70. The second-order valence-corrected chi connectivity index (χ2v) is 5.40. The maximum absolute atomic E-state index is 9.61. The van der Waals surface area contributed by atoms with Crippen molar-refractivity contribution in [2.75, 3.05) is 0 Å². The third-order valence-electron chi connectivity index (χ3n) is 2.99. The van der Waals surface area contributed by atoms with Crippen molar-refractivity contribution in [3.8, 4) is 5.69 Å². The number of rotatable bonds is 4. The summed E-state index contributed by atoms with van der Waals surface area (Å²) in [6.07, 6.45) is 0. The lowest BCUT2D eigenvalue weighted by Crippen LogP contribution is -1.98. The van der Waals surface area contributed by atoms with E-state index < -0.39 is 0 Å². The van der Waals surface area contributed by atoms with Crippen molar-refractivity contribution in [2.45, 2.75) is 30.7 Å². The van der Waals surface area contributed by atoms with Crippen LogP contribution in [0.1, 0.15) is 17.1 Å². The minimum Gasteiger partial charge on any atom is -0.416 e. The molecule has 2 heterocycles. The Bertz CT molecular complexity index is 752. The normalized spacial score (nSPS) is 11.0. The van der Waals surface area contributed by atoms with Crippen molar-refractivity contribution in [1.29, 1.82) is 0 Å². The van der Waals surface area contributed by atoms with Crippen LogP contribution in [0.3, 0.4) is 0 Å². The van der Waals surface area contributed by atoms with Crippen molar-refractivity contribution in [1.82, 2.24) is 20.0 Å². The van der Waals surface area contributed by atoms with E-state index in [0.29, 0.717) is 11.1 Å². The van der Waals surface area contributed by atoms with Gasteiger partial charge in [0.2, 0.25) is 5.89 Å². The van der Waals surface area contributed by atoms with E-state index in [2.05, 4.69) is 15.3 Å². The summed E-state index contributed by atoms with van der Waals surface area (Å²) in [6, 6.07) is 9.74. The Kier molecular flexibility index (Phi) is 3.76. The number of hydrogen-bond donors (Lipinski definition) is 1. The number of hydrogen-bond acceptors (Lipinski definition) is 6. The maximum Gasteiger partial charge on any atom is 0.282 e. The van der Waals surface area contributed by atoms with Crippen molar-refractivity contribution in [3.63, 3.8) is 0 Å². The summed E-state index contributed by atoms with van der Waals surface area (Å²) >= 11 is 1.30. The van der Waals surface area contributed by atoms with Crippen LogP contribution in [0.4, 0.5) is 0 Å².